The Labute approximate surface area is 166 Å². The Balaban J connectivity index is 1.61. The molecule has 1 N–H and O–H groups in total. The zero-order valence-electron chi connectivity index (χ0n) is 15.4. The average Bonchev–Trinajstić information content (AvgIpc) is 3.13. The number of carbonyl (C=O) groups is 1. The van der Waals surface area contributed by atoms with Crippen LogP contribution in [0.4, 0.5) is 5.82 Å². The number of aryl methyl sites for hydroxylation is 1. The minimum absolute atomic E-state index is 0.170. The lowest BCUT2D eigenvalue weighted by atomic mass is 10.1. The normalized spacial score (nSPS) is 12.1. The molecule has 0 saturated heterocycles. The van der Waals surface area contributed by atoms with Crippen LogP contribution in [0.25, 0.3) is 22.0 Å². The summed E-state index contributed by atoms with van der Waals surface area (Å²) in [4.78, 5) is 12.5. The Morgan fingerprint density at radius 2 is 1.75 bits per heavy atom. The molecule has 0 bridgehead atoms. The van der Waals surface area contributed by atoms with Gasteiger partial charge in [0.15, 0.2) is 5.82 Å². The SMILES string of the molecule is Cc1cc(NC(=O)[C@@H](C)Sc2nnc(-c3ccccc3)c3ccccc23)no1. The molecular weight excluding hydrogens is 372 g/mol. The summed E-state index contributed by atoms with van der Waals surface area (Å²) in [6.45, 7) is 3.60. The Kier molecular flexibility index (Phi) is 5.08. The summed E-state index contributed by atoms with van der Waals surface area (Å²) < 4.78 is 4.98. The summed E-state index contributed by atoms with van der Waals surface area (Å²) in [5.74, 6) is 0.880. The Hall–Kier alpha value is -3.19. The van der Waals surface area contributed by atoms with Gasteiger partial charge in [0, 0.05) is 22.4 Å². The van der Waals surface area contributed by atoms with E-state index in [0.29, 0.717) is 16.6 Å². The van der Waals surface area contributed by atoms with Crippen LogP contribution in [0, 0.1) is 6.92 Å². The highest BCUT2D eigenvalue weighted by atomic mass is 32.2. The number of anilines is 1. The van der Waals surface area contributed by atoms with E-state index in [4.69, 9.17) is 4.52 Å². The molecular formula is C21H18N4O2S. The van der Waals surface area contributed by atoms with Crippen LogP contribution in [-0.4, -0.2) is 26.5 Å². The molecule has 4 rings (SSSR count). The number of fused-ring (bicyclic) bond motifs is 1. The summed E-state index contributed by atoms with van der Waals surface area (Å²) in [5.41, 5.74) is 1.84. The lowest BCUT2D eigenvalue weighted by molar-refractivity contribution is -0.115. The van der Waals surface area contributed by atoms with Crippen molar-refractivity contribution < 1.29 is 9.32 Å². The minimum atomic E-state index is -0.378. The topological polar surface area (TPSA) is 80.9 Å². The number of nitrogens with one attached hydrogen (secondary N) is 1. The Morgan fingerprint density at radius 1 is 1.04 bits per heavy atom. The number of benzene rings is 2. The monoisotopic (exact) mass is 390 g/mol. The number of amides is 1. The molecule has 28 heavy (non-hydrogen) atoms. The number of hydrogen-bond donors (Lipinski definition) is 1. The third kappa shape index (κ3) is 3.75. The molecule has 0 saturated carbocycles. The Morgan fingerprint density at radius 3 is 2.46 bits per heavy atom. The van der Waals surface area contributed by atoms with Crippen LogP contribution in [0.15, 0.2) is 70.2 Å². The predicted molar refractivity (Wildman–Crippen MR) is 110 cm³/mol. The molecule has 2 heterocycles. The molecule has 1 atom stereocenters. The van der Waals surface area contributed by atoms with Gasteiger partial charge >= 0.3 is 0 Å². The van der Waals surface area contributed by atoms with Gasteiger partial charge in [-0.15, -0.1) is 10.2 Å². The van der Waals surface area contributed by atoms with Crippen molar-refractivity contribution in [2.75, 3.05) is 5.32 Å². The number of carbonyl (C=O) groups excluding carboxylic acids is 1. The first kappa shape index (κ1) is 18.2. The highest BCUT2D eigenvalue weighted by molar-refractivity contribution is 8.00. The van der Waals surface area contributed by atoms with Crippen molar-refractivity contribution >= 4 is 34.3 Å². The van der Waals surface area contributed by atoms with Crippen LogP contribution >= 0.6 is 11.8 Å². The highest BCUT2D eigenvalue weighted by Crippen LogP contribution is 2.33. The van der Waals surface area contributed by atoms with Gasteiger partial charge in [-0.05, 0) is 13.8 Å². The molecule has 7 heteroatoms. The number of thioether (sulfide) groups is 1. The van der Waals surface area contributed by atoms with Crippen molar-refractivity contribution in [1.82, 2.24) is 15.4 Å². The molecule has 0 radical (unpaired) electrons. The fraction of sp³-hybridized carbons (Fsp3) is 0.143. The van der Waals surface area contributed by atoms with Crippen molar-refractivity contribution in [2.24, 2.45) is 0 Å². The largest absolute Gasteiger partial charge is 0.360 e. The molecule has 4 aromatic rings. The van der Waals surface area contributed by atoms with Gasteiger partial charge in [0.1, 0.15) is 16.5 Å². The van der Waals surface area contributed by atoms with Gasteiger partial charge in [0.05, 0.1) is 5.25 Å². The van der Waals surface area contributed by atoms with Gasteiger partial charge in [0.25, 0.3) is 0 Å². The van der Waals surface area contributed by atoms with Gasteiger partial charge in [0.2, 0.25) is 5.91 Å². The third-order valence-corrected chi connectivity index (χ3v) is 5.33. The van der Waals surface area contributed by atoms with Gasteiger partial charge in [-0.1, -0.05) is 71.5 Å². The third-order valence-electron chi connectivity index (χ3n) is 4.24. The fourth-order valence-corrected chi connectivity index (χ4v) is 3.74. The second kappa shape index (κ2) is 7.82. The molecule has 1 amide bonds. The summed E-state index contributed by atoms with van der Waals surface area (Å²) in [5, 5.41) is 17.7. The van der Waals surface area contributed by atoms with Crippen molar-refractivity contribution in [1.29, 1.82) is 0 Å². The van der Waals surface area contributed by atoms with Crippen LogP contribution in [-0.2, 0) is 4.79 Å². The molecule has 6 nitrogen and oxygen atoms in total. The van der Waals surface area contributed by atoms with Crippen LogP contribution in [0.2, 0.25) is 0 Å². The quantitative estimate of drug-likeness (QED) is 0.497. The molecule has 0 fully saturated rings. The second-order valence-electron chi connectivity index (χ2n) is 6.34. The molecule has 2 aromatic carbocycles. The minimum Gasteiger partial charge on any atom is -0.360 e. The van der Waals surface area contributed by atoms with E-state index in [9.17, 15) is 4.79 Å². The van der Waals surface area contributed by atoms with E-state index in [-0.39, 0.29) is 11.2 Å². The maximum Gasteiger partial charge on any atom is 0.238 e. The molecule has 0 spiro atoms. The fourth-order valence-electron chi connectivity index (χ4n) is 2.85. The first-order valence-electron chi connectivity index (χ1n) is 8.83. The van der Waals surface area contributed by atoms with Crippen molar-refractivity contribution in [3.05, 3.63) is 66.4 Å². The van der Waals surface area contributed by atoms with E-state index in [1.807, 2.05) is 61.5 Å². The maximum absolute atomic E-state index is 12.5. The van der Waals surface area contributed by atoms with Gasteiger partial charge < -0.3 is 9.84 Å². The first-order valence-corrected chi connectivity index (χ1v) is 9.71. The lowest BCUT2D eigenvalue weighted by Crippen LogP contribution is -2.22. The van der Waals surface area contributed by atoms with Crippen LogP contribution < -0.4 is 5.32 Å². The van der Waals surface area contributed by atoms with Crippen LogP contribution in [0.3, 0.4) is 0 Å². The zero-order valence-corrected chi connectivity index (χ0v) is 16.2. The molecule has 0 aliphatic carbocycles. The second-order valence-corrected chi connectivity index (χ2v) is 7.67. The molecule has 0 aliphatic rings. The van der Waals surface area contributed by atoms with Gasteiger partial charge in [-0.2, -0.15) is 0 Å². The van der Waals surface area contributed by atoms with E-state index < -0.39 is 0 Å². The summed E-state index contributed by atoms with van der Waals surface area (Å²) in [6.07, 6.45) is 0. The van der Waals surface area contributed by atoms with E-state index >= 15 is 0 Å². The smallest absolute Gasteiger partial charge is 0.238 e. The first-order chi connectivity index (χ1) is 13.6. The van der Waals surface area contributed by atoms with Crippen LogP contribution in [0.5, 0.6) is 0 Å². The number of rotatable bonds is 5. The lowest BCUT2D eigenvalue weighted by Gasteiger charge is -2.12. The average molecular weight is 390 g/mol. The van der Waals surface area contributed by atoms with Crippen molar-refractivity contribution in [3.8, 4) is 11.3 Å². The van der Waals surface area contributed by atoms with E-state index in [1.165, 1.54) is 11.8 Å². The van der Waals surface area contributed by atoms with E-state index in [1.54, 1.807) is 13.0 Å². The Bertz CT molecular complexity index is 1130. The van der Waals surface area contributed by atoms with Crippen LogP contribution in [0.1, 0.15) is 12.7 Å². The number of nitrogens with zero attached hydrogens (tertiary/aromatic N) is 3. The molecule has 140 valence electrons. The standard InChI is InChI=1S/C21H18N4O2S/c1-13-12-18(25-27-13)22-20(26)14(2)28-21-17-11-7-6-10-16(17)19(23-24-21)15-8-4-3-5-9-15/h3-12,14H,1-2H3,(H,22,25,26)/t14-/m1/s1. The zero-order chi connectivity index (χ0) is 19.5. The van der Waals surface area contributed by atoms with E-state index in [2.05, 4.69) is 20.7 Å². The summed E-state index contributed by atoms with van der Waals surface area (Å²) >= 11 is 1.37. The predicted octanol–water partition coefficient (Wildman–Crippen LogP) is 4.71. The van der Waals surface area contributed by atoms with Gasteiger partial charge in [-0.25, -0.2) is 0 Å². The molecule has 0 unspecified atom stereocenters. The molecule has 2 aromatic heterocycles. The highest BCUT2D eigenvalue weighted by Gasteiger charge is 2.19. The van der Waals surface area contributed by atoms with Crippen molar-refractivity contribution in [3.63, 3.8) is 0 Å². The number of aromatic nitrogens is 3. The summed E-state index contributed by atoms with van der Waals surface area (Å²) in [7, 11) is 0. The van der Waals surface area contributed by atoms with Gasteiger partial charge in [-0.3, -0.25) is 4.79 Å². The van der Waals surface area contributed by atoms with Crippen molar-refractivity contribution in [2.45, 2.75) is 24.1 Å². The summed E-state index contributed by atoms with van der Waals surface area (Å²) in [6, 6.07) is 19.6. The molecule has 0 aliphatic heterocycles. The van der Waals surface area contributed by atoms with E-state index in [0.717, 1.165) is 22.0 Å². The number of hydrogen-bond acceptors (Lipinski definition) is 6. The maximum atomic E-state index is 12.5.